The topological polar surface area (TPSA) is 78.5 Å². The van der Waals surface area contributed by atoms with Gasteiger partial charge in [0.25, 0.3) is 5.91 Å². The van der Waals surface area contributed by atoms with Crippen molar-refractivity contribution in [1.82, 2.24) is 10.2 Å². The second kappa shape index (κ2) is 7.50. The van der Waals surface area contributed by atoms with E-state index >= 15 is 0 Å². The minimum absolute atomic E-state index is 0.285. The van der Waals surface area contributed by atoms with Gasteiger partial charge in [0.15, 0.2) is 0 Å². The van der Waals surface area contributed by atoms with Crippen molar-refractivity contribution in [2.45, 2.75) is 39.2 Å². The van der Waals surface area contributed by atoms with E-state index in [0.29, 0.717) is 18.0 Å². The molecule has 0 radical (unpaired) electrons. The standard InChI is InChI=1S/C17H22IN3O3/c1-11(2)8-9-17(3)15(23)21(16(24)20-17)10-14(22)19-13-7-5-4-6-12(13)18/h4-7,11H,8-10H2,1-3H3,(H,19,22)(H,20,24). The fraction of sp³-hybridized carbons (Fsp3) is 0.471. The third-order valence-corrected chi connectivity index (χ3v) is 4.96. The van der Waals surface area contributed by atoms with Gasteiger partial charge in [0.05, 0.1) is 5.69 Å². The molecule has 0 aliphatic carbocycles. The van der Waals surface area contributed by atoms with Crippen molar-refractivity contribution in [2.24, 2.45) is 5.92 Å². The fourth-order valence-electron chi connectivity index (χ4n) is 2.53. The van der Waals surface area contributed by atoms with E-state index in [9.17, 15) is 14.4 Å². The SMILES string of the molecule is CC(C)CCC1(C)NC(=O)N(CC(=O)Nc2ccccc2I)C1=O. The zero-order valence-electron chi connectivity index (χ0n) is 14.1. The second-order valence-electron chi connectivity index (χ2n) is 6.61. The molecule has 2 N–H and O–H groups in total. The molecular formula is C17H22IN3O3. The third-order valence-electron chi connectivity index (χ3n) is 4.02. The summed E-state index contributed by atoms with van der Waals surface area (Å²) < 4.78 is 0.891. The van der Waals surface area contributed by atoms with Gasteiger partial charge in [0, 0.05) is 3.57 Å². The number of carbonyl (C=O) groups is 3. The highest BCUT2D eigenvalue weighted by atomic mass is 127. The maximum Gasteiger partial charge on any atom is 0.325 e. The number of rotatable bonds is 6. The number of anilines is 1. The Kier molecular flexibility index (Phi) is 5.84. The van der Waals surface area contributed by atoms with Gasteiger partial charge in [-0.25, -0.2) is 4.79 Å². The molecule has 1 heterocycles. The summed E-state index contributed by atoms with van der Waals surface area (Å²) in [5, 5.41) is 5.46. The molecule has 1 fully saturated rings. The van der Waals surface area contributed by atoms with Gasteiger partial charge in [-0.05, 0) is 60.4 Å². The summed E-state index contributed by atoms with van der Waals surface area (Å²) in [6, 6.07) is 6.82. The maximum absolute atomic E-state index is 12.6. The van der Waals surface area contributed by atoms with Crippen molar-refractivity contribution >= 4 is 46.1 Å². The number of imide groups is 1. The van der Waals surface area contributed by atoms with Gasteiger partial charge in [-0.15, -0.1) is 0 Å². The Morgan fingerprint density at radius 1 is 1.33 bits per heavy atom. The number of benzene rings is 1. The van der Waals surface area contributed by atoms with Crippen LogP contribution in [0.1, 0.15) is 33.6 Å². The Morgan fingerprint density at radius 3 is 2.62 bits per heavy atom. The number of carbonyl (C=O) groups excluding carboxylic acids is 3. The number of urea groups is 1. The van der Waals surface area contributed by atoms with Crippen LogP contribution in [-0.4, -0.2) is 34.8 Å². The molecule has 0 saturated carbocycles. The van der Waals surface area contributed by atoms with E-state index in [4.69, 9.17) is 0 Å². The highest BCUT2D eigenvalue weighted by molar-refractivity contribution is 14.1. The summed E-state index contributed by atoms with van der Waals surface area (Å²) in [6.07, 6.45) is 1.38. The van der Waals surface area contributed by atoms with Crippen molar-refractivity contribution in [1.29, 1.82) is 0 Å². The molecule has 7 heteroatoms. The normalized spacial score (nSPS) is 20.5. The van der Waals surface area contributed by atoms with Crippen LogP contribution in [-0.2, 0) is 9.59 Å². The Labute approximate surface area is 155 Å². The summed E-state index contributed by atoms with van der Waals surface area (Å²) in [5.74, 6) is -0.300. The minimum Gasteiger partial charge on any atom is -0.324 e. The lowest BCUT2D eigenvalue weighted by Crippen LogP contribution is -2.44. The molecule has 1 aliphatic rings. The molecule has 1 aromatic carbocycles. The summed E-state index contributed by atoms with van der Waals surface area (Å²) in [5.41, 5.74) is -0.263. The summed E-state index contributed by atoms with van der Waals surface area (Å²) in [7, 11) is 0. The smallest absolute Gasteiger partial charge is 0.324 e. The molecule has 1 unspecified atom stereocenters. The van der Waals surface area contributed by atoms with Crippen LogP contribution in [0, 0.1) is 9.49 Å². The molecule has 24 heavy (non-hydrogen) atoms. The highest BCUT2D eigenvalue weighted by Crippen LogP contribution is 2.25. The average molecular weight is 443 g/mol. The van der Waals surface area contributed by atoms with Gasteiger partial charge in [0.2, 0.25) is 5.91 Å². The minimum atomic E-state index is -0.928. The molecule has 1 aliphatic heterocycles. The highest BCUT2D eigenvalue weighted by Gasteiger charge is 2.47. The number of amides is 4. The Bertz CT molecular complexity index is 662. The number of para-hydroxylation sites is 1. The van der Waals surface area contributed by atoms with Gasteiger partial charge in [-0.3, -0.25) is 14.5 Å². The molecule has 6 nitrogen and oxygen atoms in total. The van der Waals surface area contributed by atoms with E-state index in [0.717, 1.165) is 14.9 Å². The fourth-order valence-corrected chi connectivity index (χ4v) is 3.06. The molecule has 130 valence electrons. The van der Waals surface area contributed by atoms with E-state index in [1.54, 1.807) is 13.0 Å². The number of nitrogens with zero attached hydrogens (tertiary/aromatic N) is 1. The molecule has 2 rings (SSSR count). The number of halogens is 1. The largest absolute Gasteiger partial charge is 0.325 e. The zero-order chi connectivity index (χ0) is 17.9. The first-order chi connectivity index (χ1) is 11.2. The molecular weight excluding hydrogens is 421 g/mol. The van der Waals surface area contributed by atoms with Gasteiger partial charge >= 0.3 is 6.03 Å². The molecule has 0 spiro atoms. The molecule has 1 atom stereocenters. The van der Waals surface area contributed by atoms with E-state index in [1.807, 2.05) is 18.2 Å². The van der Waals surface area contributed by atoms with Gasteiger partial charge in [-0.2, -0.15) is 0 Å². The summed E-state index contributed by atoms with van der Waals surface area (Å²) in [4.78, 5) is 37.9. The van der Waals surface area contributed by atoms with Crippen LogP contribution in [0.2, 0.25) is 0 Å². The van der Waals surface area contributed by atoms with E-state index in [-0.39, 0.29) is 12.5 Å². The van der Waals surface area contributed by atoms with Crippen LogP contribution < -0.4 is 10.6 Å². The summed E-state index contributed by atoms with van der Waals surface area (Å²) in [6.45, 7) is 5.56. The quantitative estimate of drug-likeness (QED) is 0.524. The first kappa shape index (κ1) is 18.7. The second-order valence-corrected chi connectivity index (χ2v) is 7.78. The number of hydrogen-bond acceptors (Lipinski definition) is 3. The Hall–Kier alpha value is -1.64. The lowest BCUT2D eigenvalue weighted by atomic mass is 9.92. The van der Waals surface area contributed by atoms with Crippen LogP contribution in [0.4, 0.5) is 10.5 Å². The van der Waals surface area contributed by atoms with Crippen LogP contribution in [0.25, 0.3) is 0 Å². The van der Waals surface area contributed by atoms with Gasteiger partial charge < -0.3 is 10.6 Å². The molecule has 4 amide bonds. The Morgan fingerprint density at radius 2 is 2.00 bits per heavy atom. The van der Waals surface area contributed by atoms with Gasteiger partial charge in [-0.1, -0.05) is 26.0 Å². The van der Waals surface area contributed by atoms with Crippen LogP contribution in [0.3, 0.4) is 0 Å². The van der Waals surface area contributed by atoms with Crippen molar-refractivity contribution < 1.29 is 14.4 Å². The lowest BCUT2D eigenvalue weighted by Gasteiger charge is -2.22. The summed E-state index contributed by atoms with van der Waals surface area (Å²) >= 11 is 2.11. The zero-order valence-corrected chi connectivity index (χ0v) is 16.2. The van der Waals surface area contributed by atoms with Gasteiger partial charge in [0.1, 0.15) is 12.1 Å². The molecule has 0 bridgehead atoms. The third kappa shape index (κ3) is 4.25. The Balaban J connectivity index is 2.02. The molecule has 0 aromatic heterocycles. The van der Waals surface area contributed by atoms with E-state index in [2.05, 4.69) is 47.1 Å². The van der Waals surface area contributed by atoms with Crippen molar-refractivity contribution in [3.8, 4) is 0 Å². The van der Waals surface area contributed by atoms with Crippen LogP contribution in [0.5, 0.6) is 0 Å². The average Bonchev–Trinajstić information content (AvgIpc) is 2.72. The first-order valence-electron chi connectivity index (χ1n) is 7.91. The number of hydrogen-bond donors (Lipinski definition) is 2. The first-order valence-corrected chi connectivity index (χ1v) is 8.99. The maximum atomic E-state index is 12.6. The molecule has 1 aromatic rings. The van der Waals surface area contributed by atoms with Crippen LogP contribution >= 0.6 is 22.6 Å². The van der Waals surface area contributed by atoms with Crippen molar-refractivity contribution in [3.05, 3.63) is 27.8 Å². The molecule has 1 saturated heterocycles. The van der Waals surface area contributed by atoms with E-state index < -0.39 is 17.5 Å². The van der Waals surface area contributed by atoms with Crippen molar-refractivity contribution in [2.75, 3.05) is 11.9 Å². The predicted molar refractivity (Wildman–Crippen MR) is 101 cm³/mol. The van der Waals surface area contributed by atoms with Crippen molar-refractivity contribution in [3.63, 3.8) is 0 Å². The number of nitrogens with one attached hydrogen (secondary N) is 2. The predicted octanol–water partition coefficient (Wildman–Crippen LogP) is 2.98. The van der Waals surface area contributed by atoms with Crippen LogP contribution in [0.15, 0.2) is 24.3 Å². The monoisotopic (exact) mass is 443 g/mol. The lowest BCUT2D eigenvalue weighted by molar-refractivity contribution is -0.133. The van der Waals surface area contributed by atoms with E-state index in [1.165, 1.54) is 0 Å².